The van der Waals surface area contributed by atoms with Gasteiger partial charge in [-0.25, -0.2) is 10.1 Å². The molecule has 0 aliphatic heterocycles. The van der Waals surface area contributed by atoms with E-state index < -0.39 is 22.9 Å². The van der Waals surface area contributed by atoms with E-state index >= 15 is 0 Å². The Hall–Kier alpha value is -3.57. The van der Waals surface area contributed by atoms with E-state index in [0.717, 1.165) is 0 Å². The lowest BCUT2D eigenvalue weighted by Gasteiger charge is -2.30. The van der Waals surface area contributed by atoms with Gasteiger partial charge in [0.05, 0.1) is 15.7 Å². The number of halogens is 2. The molecule has 0 fully saturated rings. The Morgan fingerprint density at radius 2 is 1.76 bits per heavy atom. The molecule has 0 aliphatic carbocycles. The van der Waals surface area contributed by atoms with Crippen LogP contribution in [0.2, 0.25) is 10.0 Å². The summed E-state index contributed by atoms with van der Waals surface area (Å²) in [4.78, 5) is 37.3. The van der Waals surface area contributed by atoms with Crippen LogP contribution in [0.4, 0.5) is 5.69 Å². The molecule has 0 saturated carbocycles. The van der Waals surface area contributed by atoms with Gasteiger partial charge < -0.3 is 27.4 Å². The minimum Gasteiger partial charge on any atom is -0.396 e. The van der Waals surface area contributed by atoms with Gasteiger partial charge in [0.25, 0.3) is 11.9 Å². The van der Waals surface area contributed by atoms with Crippen LogP contribution in [0.15, 0.2) is 47.6 Å². The summed E-state index contributed by atoms with van der Waals surface area (Å²) in [5.74, 6) is -1.52. The second kappa shape index (κ2) is 11.9. The summed E-state index contributed by atoms with van der Waals surface area (Å²) in [5.41, 5.74) is 17.9. The van der Waals surface area contributed by atoms with Crippen molar-refractivity contribution >= 4 is 46.7 Å². The highest BCUT2D eigenvalue weighted by atomic mass is 35.5. The molecule has 13 heteroatoms. The molecule has 0 spiro atoms. The number of nitrogen functional groups attached to an aromatic ring is 1. The lowest BCUT2D eigenvalue weighted by molar-refractivity contribution is -0.485. The summed E-state index contributed by atoms with van der Waals surface area (Å²) >= 11 is 12.3. The standard InChI is InChI=1S/C20H23Cl2N7O4/c21-14-9-12(10-15(22)17(14)23)11-28(19(31)13-5-2-1-3-6-13)16(18(24)30)7-4-8-26-20(25)27-29(32)33/h1-3,5-6,9-10,16H,4,7-8,11,23H2,(H2,24,30)(H3,25,26,27)/t16-/m1/s1. The molecule has 0 saturated heterocycles. The van der Waals surface area contributed by atoms with Crippen LogP contribution in [0.25, 0.3) is 0 Å². The molecule has 176 valence electrons. The number of nitrogens with two attached hydrogens (primary N) is 3. The van der Waals surface area contributed by atoms with Crippen molar-refractivity contribution in [3.8, 4) is 0 Å². The molecular formula is C20H23Cl2N7O4. The van der Waals surface area contributed by atoms with Gasteiger partial charge in [-0.1, -0.05) is 41.4 Å². The third-order valence-corrected chi connectivity index (χ3v) is 5.25. The highest BCUT2D eigenvalue weighted by Crippen LogP contribution is 2.30. The number of nitrogens with one attached hydrogen (secondary N) is 1. The van der Waals surface area contributed by atoms with E-state index in [1.54, 1.807) is 42.5 Å². The van der Waals surface area contributed by atoms with E-state index in [1.807, 2.05) is 0 Å². The number of primary amides is 1. The molecule has 2 aromatic rings. The van der Waals surface area contributed by atoms with Crippen molar-refractivity contribution in [2.45, 2.75) is 25.4 Å². The van der Waals surface area contributed by atoms with Gasteiger partial charge in [-0.3, -0.25) is 9.59 Å². The molecule has 2 aromatic carbocycles. The molecule has 0 aliphatic rings. The third-order valence-electron chi connectivity index (χ3n) is 4.63. The fourth-order valence-electron chi connectivity index (χ4n) is 3.08. The number of carbonyl (C=O) groups excluding carboxylic acids is 2. The van der Waals surface area contributed by atoms with Gasteiger partial charge in [-0.05, 0) is 42.7 Å². The van der Waals surface area contributed by atoms with E-state index in [9.17, 15) is 19.7 Å². The topological polar surface area (TPSA) is 183 Å². The van der Waals surface area contributed by atoms with E-state index in [0.29, 0.717) is 17.5 Å². The van der Waals surface area contributed by atoms with Gasteiger partial charge in [0.2, 0.25) is 5.91 Å². The van der Waals surface area contributed by atoms with Gasteiger partial charge in [-0.2, -0.15) is 0 Å². The highest BCUT2D eigenvalue weighted by molar-refractivity contribution is 6.38. The summed E-state index contributed by atoms with van der Waals surface area (Å²) in [6.07, 6.45) is 0.465. The van der Waals surface area contributed by atoms with Crippen molar-refractivity contribution in [2.75, 3.05) is 12.3 Å². The largest absolute Gasteiger partial charge is 0.396 e. The molecule has 2 amide bonds. The predicted molar refractivity (Wildman–Crippen MR) is 126 cm³/mol. The third kappa shape index (κ3) is 7.51. The van der Waals surface area contributed by atoms with Gasteiger partial charge >= 0.3 is 0 Å². The van der Waals surface area contributed by atoms with E-state index in [-0.39, 0.29) is 41.2 Å². The normalized spacial score (nSPS) is 12.1. The minimum atomic E-state index is -0.997. The first-order valence-electron chi connectivity index (χ1n) is 9.71. The summed E-state index contributed by atoms with van der Waals surface area (Å²) in [6.45, 7) is 0.152. The zero-order valence-electron chi connectivity index (χ0n) is 17.4. The maximum atomic E-state index is 13.3. The van der Waals surface area contributed by atoms with Crippen molar-refractivity contribution in [1.29, 1.82) is 0 Å². The molecule has 0 bridgehead atoms. The lowest BCUT2D eigenvalue weighted by atomic mass is 10.0. The van der Waals surface area contributed by atoms with Gasteiger partial charge in [0, 0.05) is 18.7 Å². The quantitative estimate of drug-likeness (QED) is 0.0967. The minimum absolute atomic E-state index is 0.0145. The second-order valence-corrected chi connectivity index (χ2v) is 7.80. The number of carbonyl (C=O) groups is 2. The first kappa shape index (κ1) is 25.7. The number of hydrogen-bond acceptors (Lipinski definition) is 5. The monoisotopic (exact) mass is 495 g/mol. The molecule has 7 N–H and O–H groups in total. The highest BCUT2D eigenvalue weighted by Gasteiger charge is 2.29. The molecule has 0 heterocycles. The van der Waals surface area contributed by atoms with Crippen LogP contribution in [0.3, 0.4) is 0 Å². The Labute approximate surface area is 199 Å². The average Bonchev–Trinajstić information content (AvgIpc) is 2.75. The molecule has 0 radical (unpaired) electrons. The number of rotatable bonds is 10. The summed E-state index contributed by atoms with van der Waals surface area (Å²) < 4.78 is 0. The Bertz CT molecular complexity index is 1030. The summed E-state index contributed by atoms with van der Waals surface area (Å²) in [5, 5.41) is 15.3. The maximum absolute atomic E-state index is 13.3. The van der Waals surface area contributed by atoms with Gasteiger partial charge in [-0.15, -0.1) is 0 Å². The molecule has 11 nitrogen and oxygen atoms in total. The van der Waals surface area contributed by atoms with Crippen molar-refractivity contribution < 1.29 is 14.6 Å². The van der Waals surface area contributed by atoms with Crippen LogP contribution in [0.5, 0.6) is 0 Å². The van der Waals surface area contributed by atoms with Crippen molar-refractivity contribution in [1.82, 2.24) is 10.2 Å². The van der Waals surface area contributed by atoms with Crippen LogP contribution < -0.4 is 22.5 Å². The second-order valence-electron chi connectivity index (χ2n) is 6.98. The number of hydrogen-bond donors (Lipinski definition) is 4. The van der Waals surface area contributed by atoms with E-state index in [2.05, 4.69) is 10.4 Å². The van der Waals surface area contributed by atoms with Gasteiger partial charge in [0.1, 0.15) is 11.1 Å². The summed E-state index contributed by atoms with van der Waals surface area (Å²) in [6, 6.07) is 10.5. The zero-order chi connectivity index (χ0) is 24.5. The van der Waals surface area contributed by atoms with Gasteiger partial charge in [0.15, 0.2) is 5.03 Å². The summed E-state index contributed by atoms with van der Waals surface area (Å²) in [7, 11) is 0. The fraction of sp³-hybridized carbons (Fsp3) is 0.250. The number of anilines is 1. The Morgan fingerprint density at radius 1 is 1.15 bits per heavy atom. The maximum Gasteiger partial charge on any atom is 0.266 e. The molecule has 2 rings (SSSR count). The first-order chi connectivity index (χ1) is 15.6. The number of guanidine groups is 1. The molecule has 0 unspecified atom stereocenters. The lowest BCUT2D eigenvalue weighted by Crippen LogP contribution is -2.48. The number of nitrogens with zero attached hydrogens (tertiary/aromatic N) is 3. The SMILES string of the molecule is NC(=O)[C@@H](CCCNC(N)=N[N+](=O)[O-])N(Cc1cc(Cl)c(N)c(Cl)c1)C(=O)c1ccccc1. The zero-order valence-corrected chi connectivity index (χ0v) is 18.9. The predicted octanol–water partition coefficient (Wildman–Crippen LogP) is 1.95. The number of amides is 2. The Balaban J connectivity index is 2.28. The Kier molecular flexibility index (Phi) is 9.25. The van der Waals surface area contributed by atoms with E-state index in [4.69, 9.17) is 40.4 Å². The van der Waals surface area contributed by atoms with Crippen molar-refractivity contribution in [3.05, 3.63) is 73.8 Å². The van der Waals surface area contributed by atoms with Crippen LogP contribution in [0.1, 0.15) is 28.8 Å². The van der Waals surface area contributed by atoms with Crippen molar-refractivity contribution in [2.24, 2.45) is 16.6 Å². The molecule has 1 atom stereocenters. The van der Waals surface area contributed by atoms with E-state index in [1.165, 1.54) is 4.90 Å². The number of nitro groups is 1. The van der Waals surface area contributed by atoms with Crippen LogP contribution in [-0.4, -0.2) is 40.3 Å². The van der Waals surface area contributed by atoms with Crippen LogP contribution >= 0.6 is 23.2 Å². The van der Waals surface area contributed by atoms with Crippen molar-refractivity contribution in [3.63, 3.8) is 0 Å². The number of hydrazone groups is 1. The fourth-order valence-corrected chi connectivity index (χ4v) is 3.61. The molecule has 0 aromatic heterocycles. The molecular weight excluding hydrogens is 473 g/mol. The first-order valence-corrected chi connectivity index (χ1v) is 10.5. The number of benzene rings is 2. The average molecular weight is 496 g/mol. The smallest absolute Gasteiger partial charge is 0.266 e. The Morgan fingerprint density at radius 3 is 2.30 bits per heavy atom. The van der Waals surface area contributed by atoms with Crippen LogP contribution in [0, 0.1) is 10.1 Å². The van der Waals surface area contributed by atoms with Crippen LogP contribution in [-0.2, 0) is 11.3 Å². The molecule has 33 heavy (non-hydrogen) atoms.